The van der Waals surface area contributed by atoms with E-state index in [9.17, 15) is 9.59 Å². The number of ether oxygens (including phenoxy) is 1. The fourth-order valence-electron chi connectivity index (χ4n) is 2.83. The van der Waals surface area contributed by atoms with Crippen LogP contribution in [0.15, 0.2) is 12.1 Å². The maximum Gasteiger partial charge on any atom is 0.348 e. The third kappa shape index (κ3) is 2.71. The highest BCUT2D eigenvalue weighted by Crippen LogP contribution is 2.35. The molecule has 2 rings (SSSR count). The number of nitrogens with two attached hydrogens (primary N) is 1. The lowest BCUT2D eigenvalue weighted by Gasteiger charge is -2.35. The van der Waals surface area contributed by atoms with Crippen LogP contribution in [0.25, 0.3) is 0 Å². The lowest BCUT2D eigenvalue weighted by atomic mass is 9.94. The molecule has 0 unspecified atom stereocenters. The molecule has 0 radical (unpaired) electrons. The number of rotatable bonds is 5. The molecule has 5 nitrogen and oxygen atoms in total. The summed E-state index contributed by atoms with van der Waals surface area (Å²) in [6.07, 6.45) is 3.69. The van der Waals surface area contributed by atoms with Crippen molar-refractivity contribution in [3.8, 4) is 0 Å². The van der Waals surface area contributed by atoms with Crippen molar-refractivity contribution in [2.45, 2.75) is 37.8 Å². The van der Waals surface area contributed by atoms with Crippen LogP contribution in [0.1, 0.15) is 40.2 Å². The molecule has 0 spiro atoms. The van der Waals surface area contributed by atoms with E-state index in [0.717, 1.165) is 30.6 Å². The Balaban J connectivity index is 2.10. The summed E-state index contributed by atoms with van der Waals surface area (Å²) in [5.41, 5.74) is 5.08. The minimum atomic E-state index is -0.532. The summed E-state index contributed by atoms with van der Waals surface area (Å²) in [6.45, 7) is 0.616. The van der Waals surface area contributed by atoms with Crippen molar-refractivity contribution in [2.75, 3.05) is 14.2 Å². The number of hydrogen-bond donors (Lipinski definition) is 1. The van der Waals surface area contributed by atoms with E-state index in [1.165, 1.54) is 18.4 Å². The molecule has 2 N–H and O–H groups in total. The molecular formula is C14H20N2O3S. The first-order valence-electron chi connectivity index (χ1n) is 6.68. The van der Waals surface area contributed by atoms with Crippen molar-refractivity contribution in [3.63, 3.8) is 0 Å². The third-order valence-corrected chi connectivity index (χ3v) is 5.11. The van der Waals surface area contributed by atoms with E-state index in [-0.39, 0.29) is 11.9 Å². The van der Waals surface area contributed by atoms with E-state index < -0.39 is 5.54 Å². The number of hydrogen-bond acceptors (Lipinski definition) is 5. The topological polar surface area (TPSA) is 72.6 Å². The molecule has 1 aromatic rings. The summed E-state index contributed by atoms with van der Waals surface area (Å²) in [6, 6.07) is 3.66. The molecule has 1 aliphatic carbocycles. The van der Waals surface area contributed by atoms with Gasteiger partial charge in [0.15, 0.2) is 0 Å². The quantitative estimate of drug-likeness (QED) is 0.840. The number of nitrogens with zero attached hydrogens (tertiary/aromatic N) is 1. The Kier molecular flexibility index (Phi) is 4.45. The monoisotopic (exact) mass is 296 g/mol. The van der Waals surface area contributed by atoms with Gasteiger partial charge in [0, 0.05) is 11.4 Å². The number of esters is 1. The number of carbonyl (C=O) groups is 2. The Morgan fingerprint density at radius 3 is 2.60 bits per heavy atom. The zero-order valence-electron chi connectivity index (χ0n) is 11.8. The van der Waals surface area contributed by atoms with Gasteiger partial charge in [-0.05, 0) is 32.0 Å². The normalized spacial score (nSPS) is 17.4. The Labute approximate surface area is 122 Å². The van der Waals surface area contributed by atoms with Gasteiger partial charge in [0.2, 0.25) is 5.91 Å². The molecule has 110 valence electrons. The van der Waals surface area contributed by atoms with Gasteiger partial charge in [-0.1, -0.05) is 12.8 Å². The zero-order valence-corrected chi connectivity index (χ0v) is 12.7. The number of carbonyl (C=O) groups excluding carboxylic acids is 2. The number of likely N-dealkylation sites (N-methyl/N-ethyl adjacent to an activating group) is 1. The Morgan fingerprint density at radius 1 is 1.40 bits per heavy atom. The SMILES string of the molecule is COC(=O)c1ccc(CN(C)C2(C(N)=O)CCCC2)s1. The first-order valence-corrected chi connectivity index (χ1v) is 7.49. The highest BCUT2D eigenvalue weighted by molar-refractivity contribution is 7.13. The third-order valence-electron chi connectivity index (χ3n) is 4.06. The summed E-state index contributed by atoms with van der Waals surface area (Å²) in [4.78, 5) is 26.9. The maximum atomic E-state index is 11.8. The molecule has 0 atom stereocenters. The summed E-state index contributed by atoms with van der Waals surface area (Å²) in [7, 11) is 3.29. The second-order valence-electron chi connectivity index (χ2n) is 5.22. The molecule has 0 aliphatic heterocycles. The van der Waals surface area contributed by atoms with Crippen molar-refractivity contribution < 1.29 is 14.3 Å². The van der Waals surface area contributed by atoms with E-state index in [2.05, 4.69) is 0 Å². The minimum absolute atomic E-state index is 0.248. The average Bonchev–Trinajstić information content (AvgIpc) is 3.07. The lowest BCUT2D eigenvalue weighted by Crippen LogP contribution is -2.53. The molecule has 6 heteroatoms. The number of amides is 1. The van der Waals surface area contributed by atoms with E-state index in [4.69, 9.17) is 10.5 Å². The highest BCUT2D eigenvalue weighted by Gasteiger charge is 2.43. The largest absolute Gasteiger partial charge is 0.465 e. The van der Waals surface area contributed by atoms with Gasteiger partial charge in [0.1, 0.15) is 10.4 Å². The molecule has 1 saturated carbocycles. The van der Waals surface area contributed by atoms with Crippen molar-refractivity contribution in [2.24, 2.45) is 5.73 Å². The van der Waals surface area contributed by atoms with Gasteiger partial charge in [-0.25, -0.2) is 4.79 Å². The number of thiophene rings is 1. The van der Waals surface area contributed by atoms with Crippen LogP contribution >= 0.6 is 11.3 Å². The molecule has 1 aliphatic rings. The molecule has 20 heavy (non-hydrogen) atoms. The van der Waals surface area contributed by atoms with Gasteiger partial charge in [-0.2, -0.15) is 0 Å². The Hall–Kier alpha value is -1.40. The van der Waals surface area contributed by atoms with Crippen LogP contribution in [0.2, 0.25) is 0 Å². The minimum Gasteiger partial charge on any atom is -0.465 e. The summed E-state index contributed by atoms with van der Waals surface area (Å²) >= 11 is 1.39. The zero-order chi connectivity index (χ0) is 14.8. The first kappa shape index (κ1) is 15.0. The van der Waals surface area contributed by atoms with E-state index in [0.29, 0.717) is 11.4 Å². The van der Waals surface area contributed by atoms with Crippen molar-refractivity contribution >= 4 is 23.2 Å². The van der Waals surface area contributed by atoms with E-state index in [1.54, 1.807) is 6.07 Å². The lowest BCUT2D eigenvalue weighted by molar-refractivity contribution is -0.129. The summed E-state index contributed by atoms with van der Waals surface area (Å²) < 4.78 is 4.70. The van der Waals surface area contributed by atoms with Crippen molar-refractivity contribution in [1.82, 2.24) is 4.90 Å². The van der Waals surface area contributed by atoms with Crippen molar-refractivity contribution in [1.29, 1.82) is 0 Å². The standard InChI is InChI=1S/C14H20N2O3S/c1-16(14(13(15)18)7-3-4-8-14)9-10-5-6-11(20-10)12(17)19-2/h5-6H,3-4,7-9H2,1-2H3,(H2,15,18). The maximum absolute atomic E-state index is 11.8. The van der Waals surface area contributed by atoms with Crippen LogP contribution in [-0.2, 0) is 16.1 Å². The van der Waals surface area contributed by atoms with Gasteiger partial charge < -0.3 is 10.5 Å². The molecule has 0 aromatic carbocycles. The van der Waals surface area contributed by atoms with Crippen LogP contribution in [0.3, 0.4) is 0 Å². The fraction of sp³-hybridized carbons (Fsp3) is 0.571. The van der Waals surface area contributed by atoms with Crippen LogP contribution in [0, 0.1) is 0 Å². The van der Waals surface area contributed by atoms with Gasteiger partial charge in [-0.15, -0.1) is 11.3 Å². The molecule has 1 aromatic heterocycles. The molecule has 1 amide bonds. The van der Waals surface area contributed by atoms with Gasteiger partial charge in [0.05, 0.1) is 7.11 Å². The number of primary amides is 1. The first-order chi connectivity index (χ1) is 9.49. The fourth-order valence-corrected chi connectivity index (χ4v) is 3.81. The van der Waals surface area contributed by atoms with E-state index in [1.807, 2.05) is 18.0 Å². The summed E-state index contributed by atoms with van der Waals surface area (Å²) in [5, 5.41) is 0. The Morgan fingerprint density at radius 2 is 2.05 bits per heavy atom. The van der Waals surface area contributed by atoms with Gasteiger partial charge in [-0.3, -0.25) is 9.69 Å². The summed E-state index contributed by atoms with van der Waals surface area (Å²) in [5.74, 6) is -0.573. The van der Waals surface area contributed by atoms with Crippen LogP contribution in [0.4, 0.5) is 0 Å². The van der Waals surface area contributed by atoms with E-state index >= 15 is 0 Å². The molecular weight excluding hydrogens is 276 g/mol. The average molecular weight is 296 g/mol. The van der Waals surface area contributed by atoms with Crippen LogP contribution in [0.5, 0.6) is 0 Å². The predicted octanol–water partition coefficient (Wildman–Crippen LogP) is 1.76. The van der Waals surface area contributed by atoms with Crippen LogP contribution in [-0.4, -0.2) is 36.5 Å². The van der Waals surface area contributed by atoms with Gasteiger partial charge >= 0.3 is 5.97 Å². The molecule has 1 heterocycles. The van der Waals surface area contributed by atoms with Crippen LogP contribution < -0.4 is 5.73 Å². The van der Waals surface area contributed by atoms with Gasteiger partial charge in [0.25, 0.3) is 0 Å². The second kappa shape index (κ2) is 5.93. The molecule has 1 fully saturated rings. The number of methoxy groups -OCH3 is 1. The Bertz CT molecular complexity index is 506. The molecule has 0 bridgehead atoms. The second-order valence-corrected chi connectivity index (χ2v) is 6.38. The van der Waals surface area contributed by atoms with Crippen molar-refractivity contribution in [3.05, 3.63) is 21.9 Å². The predicted molar refractivity (Wildman–Crippen MR) is 77.5 cm³/mol. The smallest absolute Gasteiger partial charge is 0.348 e. The highest BCUT2D eigenvalue weighted by atomic mass is 32.1. The molecule has 0 saturated heterocycles.